The highest BCUT2D eigenvalue weighted by Crippen LogP contribution is 2.37. The summed E-state index contributed by atoms with van der Waals surface area (Å²) in [7, 11) is 12.5. The lowest BCUT2D eigenvalue weighted by molar-refractivity contribution is -0.890. The van der Waals surface area contributed by atoms with E-state index in [1.54, 1.807) is 21.6 Å². The second-order valence-electron chi connectivity index (χ2n) is 24.1. The lowest BCUT2D eigenvalue weighted by Gasteiger charge is -2.30. The lowest BCUT2D eigenvalue weighted by atomic mass is 9.93. The van der Waals surface area contributed by atoms with E-state index in [1.165, 1.54) is 177 Å². The first-order valence-corrected chi connectivity index (χ1v) is 33.6. The summed E-state index contributed by atoms with van der Waals surface area (Å²) in [6.45, 7) is 11.3. The van der Waals surface area contributed by atoms with E-state index in [-0.39, 0.29) is 36.7 Å². The summed E-state index contributed by atoms with van der Waals surface area (Å²) in [4.78, 5) is 58.3. The summed E-state index contributed by atoms with van der Waals surface area (Å²) in [6.07, 6.45) is 35.0. The van der Waals surface area contributed by atoms with Gasteiger partial charge in [0.05, 0.1) is 54.4 Å². The van der Waals surface area contributed by atoms with Crippen LogP contribution in [0.15, 0.2) is 60.7 Å². The number of carbonyl (C=O) groups is 4. The number of quaternary nitrogens is 2. The van der Waals surface area contributed by atoms with Gasteiger partial charge >= 0.3 is 0 Å². The third-order valence-electron chi connectivity index (χ3n) is 16.6. The first-order chi connectivity index (χ1) is 37.9. The normalized spacial score (nSPS) is 13.7. The van der Waals surface area contributed by atoms with Crippen molar-refractivity contribution in [1.82, 2.24) is 9.80 Å². The number of hydrogen-bond donors (Lipinski definition) is 2. The van der Waals surface area contributed by atoms with E-state index in [4.69, 9.17) is 0 Å². The predicted octanol–water partition coefficient (Wildman–Crippen LogP) is 16.4. The van der Waals surface area contributed by atoms with Gasteiger partial charge in [-0.1, -0.05) is 188 Å². The van der Waals surface area contributed by atoms with Crippen LogP contribution in [-0.2, 0) is 0 Å². The highest BCUT2D eigenvalue weighted by Gasteiger charge is 2.35. The number of nitrogens with one attached hydrogen (secondary N) is 2. The average molecular weight is 1110 g/mol. The van der Waals surface area contributed by atoms with Gasteiger partial charge in [0.2, 0.25) is 0 Å². The monoisotopic (exact) mass is 1110 g/mol. The molecule has 0 saturated carbocycles. The molecular weight excluding hydrogens is 1000 g/mol. The Morgan fingerprint density at radius 2 is 0.667 bits per heavy atom. The topological polar surface area (TPSA) is 98.8 Å². The maximum Gasteiger partial charge on any atom is 0.261 e. The molecule has 430 valence electrons. The maximum atomic E-state index is 13.9. The van der Waals surface area contributed by atoms with Gasteiger partial charge in [-0.05, 0) is 62.1 Å². The average Bonchev–Trinajstić information content (AvgIpc) is 3.54. The van der Waals surface area contributed by atoms with Crippen molar-refractivity contribution in [2.24, 2.45) is 0 Å². The van der Waals surface area contributed by atoms with Gasteiger partial charge in [-0.2, -0.15) is 0 Å². The fourth-order valence-electron chi connectivity index (χ4n) is 11.8. The zero-order chi connectivity index (χ0) is 55.6. The summed E-state index contributed by atoms with van der Waals surface area (Å²) >= 11 is 0. The van der Waals surface area contributed by atoms with Crippen molar-refractivity contribution in [3.8, 4) is 0 Å². The highest BCUT2D eigenvalue weighted by atomic mass is 33.1. The van der Waals surface area contributed by atoms with Crippen LogP contribution in [0.2, 0.25) is 0 Å². The molecule has 4 aromatic carbocycles. The lowest BCUT2D eigenvalue weighted by Crippen LogP contribution is -2.42. The van der Waals surface area contributed by atoms with Gasteiger partial charge in [0.1, 0.15) is 0 Å². The standard InChI is InChI=1S/C66H100N6O4S2/c1-7-9-11-13-15-17-19-21-23-25-27-29-47-71(3,4)49-33-43-67-59-41-39-57-61-53(59)35-31-37-55(61)63(73)69(65(57)75)45-51-77-78-52-46-70-64(74)56-38-32-36-54-60(42-40-58(62(54)56)66(70)76)68-44-34-50-72(5,6)48-30-28-26-24-22-20-18-16-14-12-10-8-2/h31-32,35-42H,7-30,33-34,43-52H2,1-6H3/p+2. The smallest absolute Gasteiger partial charge is 0.261 e. The van der Waals surface area contributed by atoms with Crippen molar-refractivity contribution in [3.63, 3.8) is 0 Å². The Morgan fingerprint density at radius 3 is 1.00 bits per heavy atom. The van der Waals surface area contributed by atoms with Crippen LogP contribution in [-0.4, -0.2) is 134 Å². The molecule has 78 heavy (non-hydrogen) atoms. The molecule has 2 aliphatic heterocycles. The van der Waals surface area contributed by atoms with Crippen molar-refractivity contribution in [3.05, 3.63) is 82.9 Å². The van der Waals surface area contributed by atoms with E-state index < -0.39 is 0 Å². The summed E-state index contributed by atoms with van der Waals surface area (Å²) < 4.78 is 2.03. The number of carbonyl (C=O) groups excluding carboxylic acids is 4. The van der Waals surface area contributed by atoms with Crippen molar-refractivity contribution >= 4 is 78.1 Å². The Kier molecular flexibility index (Phi) is 27.2. The first-order valence-electron chi connectivity index (χ1n) is 31.1. The van der Waals surface area contributed by atoms with Crippen LogP contribution >= 0.6 is 21.6 Å². The van der Waals surface area contributed by atoms with E-state index in [0.29, 0.717) is 33.8 Å². The van der Waals surface area contributed by atoms with Crippen molar-refractivity contribution in [2.75, 3.05) is 103 Å². The second-order valence-corrected chi connectivity index (χ2v) is 26.8. The number of rotatable bonds is 43. The fraction of sp³-hybridized carbons (Fsp3) is 0.636. The molecule has 2 aliphatic rings. The molecule has 2 N–H and O–H groups in total. The SMILES string of the molecule is CCCCCCCCCCCCCC[N+](C)(C)CCCNc1ccc2c3c(cccc13)C(=O)N(CCSSCCN1C(=O)c3cccc4c(NCCC[N+](C)(C)CCCCCCCCCCCCCC)ccc(c34)C1=O)C2=O. The molecule has 4 aromatic rings. The Morgan fingerprint density at radius 1 is 0.372 bits per heavy atom. The third kappa shape index (κ3) is 19.3. The Labute approximate surface area is 479 Å². The second kappa shape index (κ2) is 33.6. The van der Waals surface area contributed by atoms with Crippen LogP contribution < -0.4 is 10.6 Å². The molecule has 12 heteroatoms. The van der Waals surface area contributed by atoms with Gasteiger partial charge < -0.3 is 19.6 Å². The zero-order valence-electron chi connectivity index (χ0n) is 49.5. The first kappa shape index (κ1) is 63.1. The van der Waals surface area contributed by atoms with Gasteiger partial charge in [-0.25, -0.2) is 0 Å². The number of anilines is 2. The molecule has 10 nitrogen and oxygen atoms in total. The molecular formula is C66H102N6O4S2+2. The number of nitrogens with zero attached hydrogens (tertiary/aromatic N) is 4. The van der Waals surface area contributed by atoms with Gasteiger partial charge in [-0.3, -0.25) is 29.0 Å². The van der Waals surface area contributed by atoms with Crippen LogP contribution in [0.3, 0.4) is 0 Å². The Balaban J connectivity index is 0.870. The minimum absolute atomic E-state index is 0.266. The molecule has 0 fully saturated rings. The molecule has 0 atom stereocenters. The number of imide groups is 2. The van der Waals surface area contributed by atoms with Crippen molar-refractivity contribution in [1.29, 1.82) is 0 Å². The molecule has 4 amide bonds. The Bertz CT molecular complexity index is 2290. The largest absolute Gasteiger partial charge is 0.384 e. The summed E-state index contributed by atoms with van der Waals surface area (Å²) in [5, 5.41) is 10.5. The minimum Gasteiger partial charge on any atom is -0.384 e. The Hall–Kier alpha value is -4.10. The zero-order valence-corrected chi connectivity index (χ0v) is 51.1. The summed E-state index contributed by atoms with van der Waals surface area (Å²) in [5.74, 6) is -0.0176. The van der Waals surface area contributed by atoms with Crippen molar-refractivity contribution in [2.45, 2.75) is 181 Å². The molecule has 0 saturated heterocycles. The number of benzene rings is 4. The summed E-state index contributed by atoms with van der Waals surface area (Å²) in [5.41, 5.74) is 4.14. The quantitative estimate of drug-likeness (QED) is 0.0196. The van der Waals surface area contributed by atoms with Crippen LogP contribution in [0.1, 0.15) is 222 Å². The van der Waals surface area contributed by atoms with E-state index in [0.717, 1.165) is 80.9 Å². The molecule has 0 radical (unpaired) electrons. The van der Waals surface area contributed by atoms with E-state index in [9.17, 15) is 19.2 Å². The van der Waals surface area contributed by atoms with Gasteiger partial charge in [0.15, 0.2) is 0 Å². The van der Waals surface area contributed by atoms with Crippen LogP contribution in [0.5, 0.6) is 0 Å². The molecule has 0 unspecified atom stereocenters. The molecule has 0 aromatic heterocycles. The van der Waals surface area contributed by atoms with Crippen LogP contribution in [0, 0.1) is 0 Å². The van der Waals surface area contributed by atoms with Crippen LogP contribution in [0.25, 0.3) is 21.5 Å². The molecule has 0 aliphatic carbocycles. The molecule has 0 bridgehead atoms. The van der Waals surface area contributed by atoms with Gasteiger partial charge in [0.25, 0.3) is 23.6 Å². The van der Waals surface area contributed by atoms with E-state index in [1.807, 2.05) is 60.7 Å². The maximum absolute atomic E-state index is 13.9. The molecule has 0 spiro atoms. The van der Waals surface area contributed by atoms with E-state index in [2.05, 4.69) is 52.7 Å². The number of hydrogen-bond acceptors (Lipinski definition) is 8. The molecule has 2 heterocycles. The van der Waals surface area contributed by atoms with Gasteiger partial charge in [-0.15, -0.1) is 0 Å². The highest BCUT2D eigenvalue weighted by molar-refractivity contribution is 8.76. The predicted molar refractivity (Wildman–Crippen MR) is 336 cm³/mol. The van der Waals surface area contributed by atoms with E-state index >= 15 is 0 Å². The summed E-state index contributed by atoms with van der Waals surface area (Å²) in [6, 6.07) is 19.2. The molecule has 6 rings (SSSR count). The van der Waals surface area contributed by atoms with Gasteiger partial charge in [0, 0.05) is 106 Å². The van der Waals surface area contributed by atoms with Crippen molar-refractivity contribution < 1.29 is 28.1 Å². The minimum atomic E-state index is -0.267. The van der Waals surface area contributed by atoms with Crippen LogP contribution in [0.4, 0.5) is 11.4 Å². The fourth-order valence-corrected chi connectivity index (χ4v) is 13.7. The number of unbranched alkanes of at least 4 members (excludes halogenated alkanes) is 22. The number of amides is 4. The third-order valence-corrected chi connectivity index (χ3v) is 19.0.